The molecule has 0 bridgehead atoms. The van der Waals surface area contributed by atoms with Gasteiger partial charge in [-0.1, -0.05) is 0 Å². The largest absolute Gasteiger partial charge is 0.462 e. The molecule has 9 nitrogen and oxygen atoms in total. The predicted octanol–water partition coefficient (Wildman–Crippen LogP) is 5.87. The van der Waals surface area contributed by atoms with Crippen LogP contribution in [0, 0.1) is 49.1 Å². The molecule has 10 heteroatoms. The number of nitrogens with zero attached hydrogens (tertiary/aromatic N) is 2. The number of hydrogen-bond acceptors (Lipinski definition) is 8. The molecule has 0 saturated heterocycles. The van der Waals surface area contributed by atoms with Gasteiger partial charge in [-0.05, 0) is 63.9 Å². The average Bonchev–Trinajstić information content (AvgIpc) is 3.37. The van der Waals surface area contributed by atoms with E-state index in [1.807, 2.05) is 13.0 Å². The number of thiophene rings is 1. The van der Waals surface area contributed by atoms with Crippen molar-refractivity contribution in [2.24, 2.45) is 0 Å². The molecule has 1 aromatic carbocycles. The van der Waals surface area contributed by atoms with Gasteiger partial charge >= 0.3 is 5.97 Å². The van der Waals surface area contributed by atoms with Crippen LogP contribution in [0.2, 0.25) is 0 Å². The van der Waals surface area contributed by atoms with Crippen LogP contribution in [0.5, 0.6) is 0 Å². The van der Waals surface area contributed by atoms with E-state index in [1.165, 1.54) is 23.5 Å². The zero-order valence-corrected chi connectivity index (χ0v) is 20.7. The zero-order chi connectivity index (χ0) is 25.9. The highest BCUT2D eigenvalue weighted by molar-refractivity contribution is 7.16. The molecule has 3 aromatic rings. The van der Waals surface area contributed by atoms with Gasteiger partial charge in [0, 0.05) is 28.1 Å². The molecule has 0 atom stereocenters. The topological polar surface area (TPSA) is 135 Å². The third kappa shape index (κ3) is 5.31. The molecule has 0 unspecified atom stereocenters. The van der Waals surface area contributed by atoms with E-state index in [0.717, 1.165) is 10.4 Å². The van der Waals surface area contributed by atoms with E-state index >= 15 is 0 Å². The van der Waals surface area contributed by atoms with Crippen LogP contribution in [0.4, 0.5) is 10.7 Å². The maximum absolute atomic E-state index is 12.8. The number of rotatable bonds is 7. The molecule has 2 heterocycles. The van der Waals surface area contributed by atoms with Crippen LogP contribution in [-0.2, 0) is 9.53 Å². The number of anilines is 1. The molecule has 1 amide bonds. The summed E-state index contributed by atoms with van der Waals surface area (Å²) < 4.78 is 10.8. The lowest BCUT2D eigenvalue weighted by Gasteiger charge is -2.06. The Bertz CT molecular complexity index is 1410. The van der Waals surface area contributed by atoms with Gasteiger partial charge in [0.05, 0.1) is 17.1 Å². The number of nitrogens with one attached hydrogen (secondary N) is 1. The Kier molecular flexibility index (Phi) is 7.52. The number of amides is 1. The average molecular weight is 494 g/mol. The predicted molar refractivity (Wildman–Crippen MR) is 132 cm³/mol. The van der Waals surface area contributed by atoms with E-state index in [2.05, 4.69) is 5.32 Å². The molecule has 3 rings (SSSR count). The fourth-order valence-electron chi connectivity index (χ4n) is 3.38. The van der Waals surface area contributed by atoms with Crippen LogP contribution in [0.1, 0.15) is 44.6 Å². The summed E-state index contributed by atoms with van der Waals surface area (Å²) in [5.41, 5.74) is 2.50. The number of hydrogen-bond donors (Lipinski definition) is 1. The molecule has 0 saturated carbocycles. The Labute approximate surface area is 205 Å². The van der Waals surface area contributed by atoms with E-state index in [9.17, 15) is 25.0 Å². The minimum atomic E-state index is -0.709. The van der Waals surface area contributed by atoms with Crippen molar-refractivity contribution in [3.05, 3.63) is 72.8 Å². The number of furan rings is 1. The molecule has 0 aliphatic carbocycles. The fraction of sp³-hybridized carbons (Fsp3) is 0.240. The number of nitriles is 1. The van der Waals surface area contributed by atoms with Gasteiger partial charge in [0.15, 0.2) is 0 Å². The van der Waals surface area contributed by atoms with Gasteiger partial charge in [-0.2, -0.15) is 5.26 Å². The molecule has 0 fully saturated rings. The first-order valence-corrected chi connectivity index (χ1v) is 11.4. The summed E-state index contributed by atoms with van der Waals surface area (Å²) in [6.45, 7) is 8.90. The number of ether oxygens (including phenoxy) is 1. The molecule has 0 aliphatic heterocycles. The summed E-state index contributed by atoms with van der Waals surface area (Å²) in [7, 11) is 0. The summed E-state index contributed by atoms with van der Waals surface area (Å²) in [6, 6.07) is 8.20. The maximum Gasteiger partial charge on any atom is 0.341 e. The van der Waals surface area contributed by atoms with Crippen LogP contribution in [0.15, 0.2) is 34.3 Å². The van der Waals surface area contributed by atoms with Crippen LogP contribution in [0.3, 0.4) is 0 Å². The zero-order valence-electron chi connectivity index (χ0n) is 19.8. The van der Waals surface area contributed by atoms with Crippen molar-refractivity contribution in [2.75, 3.05) is 11.9 Å². The van der Waals surface area contributed by atoms with Crippen molar-refractivity contribution in [2.45, 2.75) is 34.6 Å². The van der Waals surface area contributed by atoms with Crippen LogP contribution < -0.4 is 5.32 Å². The van der Waals surface area contributed by atoms with Gasteiger partial charge in [-0.15, -0.1) is 11.3 Å². The monoisotopic (exact) mass is 493 g/mol. The molecular weight excluding hydrogens is 470 g/mol. The first-order valence-electron chi connectivity index (χ1n) is 10.6. The molecular formula is C25H23N3O6S. The van der Waals surface area contributed by atoms with Gasteiger partial charge in [0.25, 0.3) is 11.6 Å². The van der Waals surface area contributed by atoms with Crippen LogP contribution in [0.25, 0.3) is 17.4 Å². The van der Waals surface area contributed by atoms with E-state index < -0.39 is 16.8 Å². The highest BCUT2D eigenvalue weighted by Gasteiger charge is 2.23. The van der Waals surface area contributed by atoms with Crippen molar-refractivity contribution in [1.29, 1.82) is 5.26 Å². The summed E-state index contributed by atoms with van der Waals surface area (Å²) in [5.74, 6) is -0.685. The van der Waals surface area contributed by atoms with Crippen LogP contribution >= 0.6 is 11.3 Å². The van der Waals surface area contributed by atoms with Crippen molar-refractivity contribution in [3.63, 3.8) is 0 Å². The Morgan fingerprint density at radius 2 is 1.94 bits per heavy atom. The molecule has 0 aliphatic rings. The van der Waals surface area contributed by atoms with E-state index in [1.54, 1.807) is 45.9 Å². The quantitative estimate of drug-likeness (QED) is 0.143. The molecule has 35 heavy (non-hydrogen) atoms. The molecule has 1 N–H and O–H groups in total. The second-order valence-corrected chi connectivity index (χ2v) is 8.95. The van der Waals surface area contributed by atoms with Gasteiger partial charge in [-0.25, -0.2) is 4.79 Å². The lowest BCUT2D eigenvalue weighted by Crippen LogP contribution is -2.16. The van der Waals surface area contributed by atoms with E-state index in [-0.39, 0.29) is 29.2 Å². The first-order chi connectivity index (χ1) is 16.6. The van der Waals surface area contributed by atoms with Crippen LogP contribution in [-0.4, -0.2) is 23.4 Å². The SMILES string of the molecule is CCOC(=O)c1c(NC(=O)/C(C#N)=C/c2ccc(-c3cc(C)c(C)c([N+](=O)[O-])c3)o2)sc(C)c1C. The number of nitro groups is 1. The number of benzene rings is 1. The van der Waals surface area contributed by atoms with Gasteiger partial charge < -0.3 is 14.5 Å². The van der Waals surface area contributed by atoms with Crippen molar-refractivity contribution in [1.82, 2.24) is 0 Å². The summed E-state index contributed by atoms with van der Waals surface area (Å²) in [5, 5.41) is 23.8. The number of carbonyl (C=O) groups excluding carboxylic acids is 2. The van der Waals surface area contributed by atoms with Gasteiger partial charge in [0.2, 0.25) is 0 Å². The number of esters is 1. The van der Waals surface area contributed by atoms with E-state index in [0.29, 0.717) is 27.5 Å². The highest BCUT2D eigenvalue weighted by atomic mass is 32.1. The molecule has 0 spiro atoms. The number of nitro benzene ring substituents is 1. The highest BCUT2D eigenvalue weighted by Crippen LogP contribution is 2.34. The summed E-state index contributed by atoms with van der Waals surface area (Å²) >= 11 is 1.22. The Morgan fingerprint density at radius 3 is 2.57 bits per heavy atom. The maximum atomic E-state index is 12.8. The lowest BCUT2D eigenvalue weighted by atomic mass is 10.0. The minimum Gasteiger partial charge on any atom is -0.462 e. The third-order valence-electron chi connectivity index (χ3n) is 5.49. The third-order valence-corrected chi connectivity index (χ3v) is 6.61. The number of aryl methyl sites for hydroxylation is 2. The summed E-state index contributed by atoms with van der Waals surface area (Å²) in [4.78, 5) is 36.9. The van der Waals surface area contributed by atoms with Crippen molar-refractivity contribution < 1.29 is 23.7 Å². The van der Waals surface area contributed by atoms with Gasteiger partial charge in [0.1, 0.15) is 28.2 Å². The Balaban J connectivity index is 1.90. The van der Waals surface area contributed by atoms with Crippen molar-refractivity contribution in [3.8, 4) is 17.4 Å². The molecule has 180 valence electrons. The fourth-order valence-corrected chi connectivity index (χ4v) is 4.43. The minimum absolute atomic E-state index is 0.0236. The second-order valence-electron chi connectivity index (χ2n) is 7.73. The smallest absolute Gasteiger partial charge is 0.341 e. The molecule has 0 radical (unpaired) electrons. The standard InChI is InChI=1S/C25H23N3O6S/c1-6-33-25(30)22-15(4)16(5)35-24(22)27-23(29)18(12-26)10-19-7-8-21(34-19)17-9-13(2)14(3)20(11-17)28(31)32/h7-11H,6H2,1-5H3,(H,27,29)/b18-10+. The summed E-state index contributed by atoms with van der Waals surface area (Å²) in [6.07, 6.45) is 1.27. The number of carbonyl (C=O) groups is 2. The normalized spacial score (nSPS) is 11.1. The molecule has 2 aromatic heterocycles. The second kappa shape index (κ2) is 10.4. The Morgan fingerprint density at radius 1 is 1.23 bits per heavy atom. The van der Waals surface area contributed by atoms with E-state index in [4.69, 9.17) is 9.15 Å². The lowest BCUT2D eigenvalue weighted by molar-refractivity contribution is -0.385. The first kappa shape index (κ1) is 25.4. The van der Waals surface area contributed by atoms with Crippen molar-refractivity contribution >= 4 is 40.0 Å². The van der Waals surface area contributed by atoms with Gasteiger partial charge in [-0.3, -0.25) is 14.9 Å². The Hall–Kier alpha value is -4.23.